The Labute approximate surface area is 168 Å². The van der Waals surface area contributed by atoms with Crippen molar-refractivity contribution in [3.05, 3.63) is 47.7 Å². The van der Waals surface area contributed by atoms with Crippen molar-refractivity contribution in [2.45, 2.75) is 0 Å². The monoisotopic (exact) mass is 400 g/mol. The van der Waals surface area contributed by atoms with Crippen LogP contribution in [0.15, 0.2) is 42.1 Å². The predicted octanol–water partition coefficient (Wildman–Crippen LogP) is 2.98. The third kappa shape index (κ3) is 3.46. The molecule has 1 N–H and O–H groups in total. The van der Waals surface area contributed by atoms with E-state index in [0.29, 0.717) is 45.1 Å². The van der Waals surface area contributed by atoms with Crippen molar-refractivity contribution < 1.29 is 23.7 Å². The van der Waals surface area contributed by atoms with Crippen LogP contribution >= 0.6 is 12.2 Å². The van der Waals surface area contributed by atoms with E-state index in [-0.39, 0.29) is 5.91 Å². The fraction of sp³-hybridized carbons (Fsp3) is 0.200. The van der Waals surface area contributed by atoms with Crippen LogP contribution in [0.1, 0.15) is 5.56 Å². The van der Waals surface area contributed by atoms with Crippen molar-refractivity contribution in [1.29, 1.82) is 0 Å². The first kappa shape index (κ1) is 19.5. The van der Waals surface area contributed by atoms with Crippen LogP contribution in [0.5, 0.6) is 23.0 Å². The Morgan fingerprint density at radius 3 is 2.14 bits per heavy atom. The average Bonchev–Trinajstić information content (AvgIpc) is 3.00. The molecule has 146 valence electrons. The first-order chi connectivity index (χ1) is 13.5. The molecule has 0 aliphatic carbocycles. The summed E-state index contributed by atoms with van der Waals surface area (Å²) in [5, 5.41) is 3.25. The highest BCUT2D eigenvalue weighted by Crippen LogP contribution is 2.40. The van der Waals surface area contributed by atoms with E-state index in [1.54, 1.807) is 56.7 Å². The van der Waals surface area contributed by atoms with Crippen molar-refractivity contribution in [3.63, 3.8) is 0 Å². The number of methoxy groups -OCH3 is 4. The number of anilines is 1. The zero-order valence-corrected chi connectivity index (χ0v) is 16.8. The first-order valence-electron chi connectivity index (χ1n) is 8.34. The molecule has 28 heavy (non-hydrogen) atoms. The summed E-state index contributed by atoms with van der Waals surface area (Å²) in [7, 11) is 6.18. The minimum atomic E-state index is -0.271. The lowest BCUT2D eigenvalue weighted by Gasteiger charge is -2.15. The van der Waals surface area contributed by atoms with Crippen molar-refractivity contribution in [2.75, 3.05) is 33.3 Å². The second-order valence-electron chi connectivity index (χ2n) is 5.75. The molecule has 0 unspecified atom stereocenters. The van der Waals surface area contributed by atoms with E-state index in [9.17, 15) is 4.79 Å². The number of rotatable bonds is 6. The fourth-order valence-corrected chi connectivity index (χ4v) is 3.19. The van der Waals surface area contributed by atoms with Gasteiger partial charge in [-0.25, -0.2) is 0 Å². The van der Waals surface area contributed by atoms with Gasteiger partial charge in [-0.3, -0.25) is 9.69 Å². The zero-order valence-electron chi connectivity index (χ0n) is 15.9. The molecule has 0 bridgehead atoms. The van der Waals surface area contributed by atoms with Crippen LogP contribution in [0.25, 0.3) is 6.08 Å². The summed E-state index contributed by atoms with van der Waals surface area (Å²) in [6.07, 6.45) is 1.67. The third-order valence-electron chi connectivity index (χ3n) is 4.24. The highest BCUT2D eigenvalue weighted by atomic mass is 32.1. The number of benzene rings is 2. The van der Waals surface area contributed by atoms with Gasteiger partial charge in [-0.15, -0.1) is 0 Å². The molecular weight excluding hydrogens is 380 g/mol. The molecular formula is C20H20N2O5S. The SMILES string of the molecule is COc1ccc(N2C(=O)C(=Cc3ccc(OC)c(OC)c3OC)NC2=S)cc1. The van der Waals surface area contributed by atoms with Crippen LogP contribution < -0.4 is 29.2 Å². The van der Waals surface area contributed by atoms with Gasteiger partial charge < -0.3 is 24.3 Å². The van der Waals surface area contributed by atoms with Gasteiger partial charge in [0.2, 0.25) is 5.75 Å². The van der Waals surface area contributed by atoms with E-state index in [0.717, 1.165) is 0 Å². The highest BCUT2D eigenvalue weighted by molar-refractivity contribution is 7.80. The lowest BCUT2D eigenvalue weighted by atomic mass is 10.1. The Hall–Kier alpha value is -3.26. The Morgan fingerprint density at radius 1 is 0.893 bits per heavy atom. The van der Waals surface area contributed by atoms with E-state index in [1.165, 1.54) is 19.1 Å². The van der Waals surface area contributed by atoms with Crippen molar-refractivity contribution >= 4 is 35.0 Å². The number of carbonyl (C=O) groups excluding carboxylic acids is 1. The largest absolute Gasteiger partial charge is 0.497 e. The summed E-state index contributed by atoms with van der Waals surface area (Å²) in [6, 6.07) is 10.6. The summed E-state index contributed by atoms with van der Waals surface area (Å²) >= 11 is 5.35. The maximum absolute atomic E-state index is 12.9. The van der Waals surface area contributed by atoms with Gasteiger partial charge in [0.05, 0.1) is 34.1 Å². The molecule has 0 spiro atoms. The number of hydrogen-bond acceptors (Lipinski definition) is 6. The molecule has 7 nitrogen and oxygen atoms in total. The van der Waals surface area contributed by atoms with Crippen molar-refractivity contribution in [2.24, 2.45) is 0 Å². The van der Waals surface area contributed by atoms with Crippen molar-refractivity contribution in [3.8, 4) is 23.0 Å². The number of nitrogens with one attached hydrogen (secondary N) is 1. The van der Waals surface area contributed by atoms with Crippen LogP contribution in [-0.4, -0.2) is 39.5 Å². The van der Waals surface area contributed by atoms with Gasteiger partial charge in [0.1, 0.15) is 11.4 Å². The smallest absolute Gasteiger partial charge is 0.281 e. The molecule has 8 heteroatoms. The molecule has 0 radical (unpaired) electrons. The molecule has 1 fully saturated rings. The van der Waals surface area contributed by atoms with Crippen LogP contribution in [0.2, 0.25) is 0 Å². The molecule has 0 atom stereocenters. The quantitative estimate of drug-likeness (QED) is 0.591. The Kier molecular flexibility index (Phi) is 5.70. The van der Waals surface area contributed by atoms with Gasteiger partial charge in [-0.05, 0) is 54.7 Å². The standard InChI is InChI=1S/C20H20N2O5S/c1-24-14-8-6-13(7-9-14)22-19(23)15(21-20(22)28)11-12-5-10-16(25-2)18(27-4)17(12)26-3/h5-11H,1-4H3,(H,21,28). The maximum Gasteiger partial charge on any atom is 0.281 e. The minimum absolute atomic E-state index is 0.271. The van der Waals surface area contributed by atoms with E-state index >= 15 is 0 Å². The maximum atomic E-state index is 12.9. The Bertz CT molecular complexity index is 940. The number of ether oxygens (including phenoxy) is 4. The average molecular weight is 400 g/mol. The molecule has 1 aliphatic heterocycles. The highest BCUT2D eigenvalue weighted by Gasteiger charge is 2.32. The number of amides is 1. The lowest BCUT2D eigenvalue weighted by Crippen LogP contribution is -2.30. The summed E-state index contributed by atoms with van der Waals surface area (Å²) in [5.74, 6) is 1.85. The lowest BCUT2D eigenvalue weighted by molar-refractivity contribution is -0.113. The van der Waals surface area contributed by atoms with Crippen LogP contribution in [0.3, 0.4) is 0 Å². The molecule has 2 aromatic rings. The minimum Gasteiger partial charge on any atom is -0.497 e. The zero-order chi connectivity index (χ0) is 20.3. The van der Waals surface area contributed by atoms with E-state index in [1.807, 2.05) is 0 Å². The molecule has 0 aromatic heterocycles. The van der Waals surface area contributed by atoms with E-state index < -0.39 is 0 Å². The molecule has 1 heterocycles. The second kappa shape index (κ2) is 8.18. The normalized spacial score (nSPS) is 14.9. The Morgan fingerprint density at radius 2 is 1.57 bits per heavy atom. The number of carbonyl (C=O) groups is 1. The van der Waals surface area contributed by atoms with Gasteiger partial charge in [0, 0.05) is 5.56 Å². The van der Waals surface area contributed by atoms with Crippen molar-refractivity contribution in [1.82, 2.24) is 5.32 Å². The molecule has 1 aliphatic rings. The van der Waals surface area contributed by atoms with Gasteiger partial charge in [0.25, 0.3) is 5.91 Å². The van der Waals surface area contributed by atoms with Gasteiger partial charge in [-0.1, -0.05) is 0 Å². The van der Waals surface area contributed by atoms with Gasteiger partial charge in [-0.2, -0.15) is 0 Å². The van der Waals surface area contributed by atoms with Crippen LogP contribution in [0.4, 0.5) is 5.69 Å². The summed E-state index contributed by atoms with van der Waals surface area (Å²) in [4.78, 5) is 14.4. The number of nitrogens with zero attached hydrogens (tertiary/aromatic N) is 1. The summed E-state index contributed by atoms with van der Waals surface area (Å²) in [6.45, 7) is 0. The molecule has 2 aromatic carbocycles. The summed E-state index contributed by atoms with van der Waals surface area (Å²) in [5.41, 5.74) is 1.62. The van der Waals surface area contributed by atoms with E-state index in [4.69, 9.17) is 31.2 Å². The molecule has 3 rings (SSSR count). The van der Waals surface area contributed by atoms with Crippen LogP contribution in [0, 0.1) is 0 Å². The molecule has 1 saturated heterocycles. The second-order valence-corrected chi connectivity index (χ2v) is 6.14. The van der Waals surface area contributed by atoms with E-state index in [2.05, 4.69) is 5.32 Å². The summed E-state index contributed by atoms with van der Waals surface area (Å²) < 4.78 is 21.3. The number of thiocarbonyl (C=S) groups is 1. The Balaban J connectivity index is 1.97. The third-order valence-corrected chi connectivity index (χ3v) is 4.53. The van der Waals surface area contributed by atoms with Gasteiger partial charge in [0.15, 0.2) is 16.6 Å². The predicted molar refractivity (Wildman–Crippen MR) is 110 cm³/mol. The molecule has 0 saturated carbocycles. The first-order valence-corrected chi connectivity index (χ1v) is 8.75. The van der Waals surface area contributed by atoms with Gasteiger partial charge >= 0.3 is 0 Å². The molecule has 1 amide bonds. The number of hydrogen-bond donors (Lipinski definition) is 1. The fourth-order valence-electron chi connectivity index (χ4n) is 2.89. The topological polar surface area (TPSA) is 69.3 Å². The van der Waals surface area contributed by atoms with Crippen LogP contribution in [-0.2, 0) is 4.79 Å².